The van der Waals surface area contributed by atoms with Gasteiger partial charge in [0, 0.05) is 5.69 Å². The number of carbonyl (C=O) groups is 3. The van der Waals surface area contributed by atoms with Crippen LogP contribution < -0.4 is 21.1 Å². The Labute approximate surface area is 164 Å². The number of primary amides is 1. The average Bonchev–Trinajstić information content (AvgIpc) is 2.67. The van der Waals surface area contributed by atoms with Gasteiger partial charge in [-0.25, -0.2) is 9.59 Å². The van der Waals surface area contributed by atoms with Crippen molar-refractivity contribution < 1.29 is 28.8 Å². The highest BCUT2D eigenvalue weighted by molar-refractivity contribution is 5.97. The van der Waals surface area contributed by atoms with Crippen LogP contribution in [0.2, 0.25) is 0 Å². The summed E-state index contributed by atoms with van der Waals surface area (Å²) in [5, 5.41) is 15.8. The Kier molecular flexibility index (Phi) is 7.07. The number of amides is 3. The quantitative estimate of drug-likeness (QED) is 0.346. The van der Waals surface area contributed by atoms with Crippen LogP contribution in [0.25, 0.3) is 0 Å². The minimum Gasteiger partial charge on any atom is -0.494 e. The third-order valence-electron chi connectivity index (χ3n) is 3.47. The van der Waals surface area contributed by atoms with Crippen molar-refractivity contribution in [2.24, 2.45) is 5.73 Å². The number of esters is 1. The standard InChI is InChI=1S/C18H18N4O7/c1-2-28-13-7-8-14(15(9-13)22(26)27)21-16(23)10-29-17(24)11-3-5-12(6-4-11)20-18(19)25/h3-9H,2,10H2,1H3,(H,21,23)(H3,19,20,25). The summed E-state index contributed by atoms with van der Waals surface area (Å²) < 4.78 is 10.1. The molecule has 11 heteroatoms. The van der Waals surface area contributed by atoms with Gasteiger partial charge in [-0.2, -0.15) is 0 Å². The molecule has 0 aromatic heterocycles. The van der Waals surface area contributed by atoms with Crippen LogP contribution in [-0.4, -0.2) is 36.0 Å². The fraction of sp³-hybridized carbons (Fsp3) is 0.167. The Bertz CT molecular complexity index is 928. The fourth-order valence-corrected chi connectivity index (χ4v) is 2.26. The van der Waals surface area contributed by atoms with Gasteiger partial charge in [-0.05, 0) is 43.3 Å². The van der Waals surface area contributed by atoms with Crippen LogP contribution in [0.5, 0.6) is 5.75 Å². The number of nitro benzene ring substituents is 1. The van der Waals surface area contributed by atoms with Gasteiger partial charge < -0.3 is 25.8 Å². The lowest BCUT2D eigenvalue weighted by Gasteiger charge is -2.09. The van der Waals surface area contributed by atoms with Crippen molar-refractivity contribution in [3.8, 4) is 5.75 Å². The number of rotatable bonds is 8. The predicted octanol–water partition coefficient (Wildman–Crippen LogP) is 2.28. The van der Waals surface area contributed by atoms with Gasteiger partial charge in [0.1, 0.15) is 11.4 Å². The van der Waals surface area contributed by atoms with Crippen molar-refractivity contribution in [1.82, 2.24) is 0 Å². The number of urea groups is 1. The Morgan fingerprint density at radius 2 is 1.79 bits per heavy atom. The van der Waals surface area contributed by atoms with Gasteiger partial charge in [-0.3, -0.25) is 14.9 Å². The lowest BCUT2D eigenvalue weighted by molar-refractivity contribution is -0.384. The number of ether oxygens (including phenoxy) is 2. The van der Waals surface area contributed by atoms with Crippen molar-refractivity contribution in [1.29, 1.82) is 0 Å². The summed E-state index contributed by atoms with van der Waals surface area (Å²) in [5.74, 6) is -1.25. The van der Waals surface area contributed by atoms with Crippen LogP contribution >= 0.6 is 0 Å². The summed E-state index contributed by atoms with van der Waals surface area (Å²) in [4.78, 5) is 45.3. The SMILES string of the molecule is CCOc1ccc(NC(=O)COC(=O)c2ccc(NC(N)=O)cc2)c([N+](=O)[O-])c1. The van der Waals surface area contributed by atoms with Crippen LogP contribution in [0.4, 0.5) is 21.9 Å². The second-order valence-corrected chi connectivity index (χ2v) is 5.56. The molecule has 0 aliphatic heterocycles. The minimum atomic E-state index is -0.785. The van der Waals surface area contributed by atoms with E-state index in [2.05, 4.69) is 10.6 Å². The second-order valence-electron chi connectivity index (χ2n) is 5.56. The van der Waals surface area contributed by atoms with Crippen LogP contribution in [0.15, 0.2) is 42.5 Å². The predicted molar refractivity (Wildman–Crippen MR) is 103 cm³/mol. The highest BCUT2D eigenvalue weighted by atomic mass is 16.6. The Morgan fingerprint density at radius 1 is 1.10 bits per heavy atom. The van der Waals surface area contributed by atoms with Crippen molar-refractivity contribution in [2.75, 3.05) is 23.8 Å². The Morgan fingerprint density at radius 3 is 2.38 bits per heavy atom. The number of nitro groups is 1. The normalized spacial score (nSPS) is 9.97. The third kappa shape index (κ3) is 6.20. The van der Waals surface area contributed by atoms with Crippen LogP contribution in [0.3, 0.4) is 0 Å². The molecule has 4 N–H and O–H groups in total. The summed E-state index contributed by atoms with van der Waals surface area (Å²) in [6.45, 7) is 1.42. The third-order valence-corrected chi connectivity index (χ3v) is 3.47. The maximum atomic E-state index is 12.0. The number of hydrogen-bond donors (Lipinski definition) is 3. The first-order valence-corrected chi connectivity index (χ1v) is 8.35. The first-order valence-electron chi connectivity index (χ1n) is 8.35. The summed E-state index contributed by atoms with van der Waals surface area (Å²) in [7, 11) is 0. The van der Waals surface area contributed by atoms with Gasteiger partial charge in [0.2, 0.25) is 0 Å². The zero-order valence-electron chi connectivity index (χ0n) is 15.3. The van der Waals surface area contributed by atoms with Crippen molar-refractivity contribution in [2.45, 2.75) is 6.92 Å². The number of nitrogens with zero attached hydrogens (tertiary/aromatic N) is 1. The highest BCUT2D eigenvalue weighted by Crippen LogP contribution is 2.29. The molecular weight excluding hydrogens is 384 g/mol. The summed E-state index contributed by atoms with van der Waals surface area (Å²) >= 11 is 0. The van der Waals surface area contributed by atoms with Gasteiger partial charge in [0.15, 0.2) is 6.61 Å². The monoisotopic (exact) mass is 402 g/mol. The van der Waals surface area contributed by atoms with E-state index in [1.165, 1.54) is 42.5 Å². The van der Waals surface area contributed by atoms with E-state index in [1.54, 1.807) is 6.92 Å². The van der Waals surface area contributed by atoms with Crippen LogP contribution in [0.1, 0.15) is 17.3 Å². The van der Waals surface area contributed by atoms with Gasteiger partial charge in [-0.1, -0.05) is 0 Å². The molecule has 0 fully saturated rings. The minimum absolute atomic E-state index is 0.0543. The highest BCUT2D eigenvalue weighted by Gasteiger charge is 2.18. The topological polar surface area (TPSA) is 163 Å². The Balaban J connectivity index is 1.96. The molecule has 29 heavy (non-hydrogen) atoms. The molecule has 152 valence electrons. The summed E-state index contributed by atoms with van der Waals surface area (Å²) in [6.07, 6.45) is 0. The maximum absolute atomic E-state index is 12.0. The number of carbonyl (C=O) groups excluding carboxylic acids is 3. The number of nitrogens with one attached hydrogen (secondary N) is 2. The molecule has 0 atom stereocenters. The molecule has 0 radical (unpaired) electrons. The molecule has 2 aromatic rings. The number of nitrogens with two attached hydrogens (primary N) is 1. The van der Waals surface area contributed by atoms with Crippen LogP contribution in [0, 0.1) is 10.1 Å². The van der Waals surface area contributed by atoms with Gasteiger partial charge in [0.05, 0.1) is 23.2 Å². The number of anilines is 2. The van der Waals surface area contributed by atoms with E-state index in [4.69, 9.17) is 15.2 Å². The van der Waals surface area contributed by atoms with Gasteiger partial charge in [0.25, 0.3) is 11.6 Å². The van der Waals surface area contributed by atoms with E-state index in [0.717, 1.165) is 0 Å². The van der Waals surface area contributed by atoms with Gasteiger partial charge >= 0.3 is 12.0 Å². The maximum Gasteiger partial charge on any atom is 0.338 e. The molecule has 2 rings (SSSR count). The number of hydrogen-bond acceptors (Lipinski definition) is 7. The second kappa shape index (κ2) is 9.69. The summed E-state index contributed by atoms with van der Waals surface area (Å²) in [5.41, 5.74) is 5.10. The lowest BCUT2D eigenvalue weighted by atomic mass is 10.2. The van der Waals surface area contributed by atoms with E-state index < -0.39 is 29.4 Å². The van der Waals surface area contributed by atoms with E-state index >= 15 is 0 Å². The molecule has 3 amide bonds. The molecule has 0 saturated carbocycles. The summed E-state index contributed by atoms with van der Waals surface area (Å²) in [6, 6.07) is 8.86. The van der Waals surface area contributed by atoms with Crippen molar-refractivity contribution >= 4 is 35.0 Å². The molecule has 0 saturated heterocycles. The first-order chi connectivity index (χ1) is 13.8. The molecule has 0 bridgehead atoms. The fourth-order valence-electron chi connectivity index (χ4n) is 2.26. The first kappa shape index (κ1) is 21.2. The molecule has 0 aliphatic carbocycles. The molecule has 0 spiro atoms. The average molecular weight is 402 g/mol. The van der Waals surface area contributed by atoms with Crippen molar-refractivity contribution in [3.05, 3.63) is 58.1 Å². The lowest BCUT2D eigenvalue weighted by Crippen LogP contribution is -2.21. The van der Waals surface area contributed by atoms with E-state index in [0.29, 0.717) is 12.3 Å². The Hall–Kier alpha value is -4.15. The van der Waals surface area contributed by atoms with E-state index in [9.17, 15) is 24.5 Å². The van der Waals surface area contributed by atoms with E-state index in [1.807, 2.05) is 0 Å². The van der Waals surface area contributed by atoms with Crippen LogP contribution in [-0.2, 0) is 9.53 Å². The van der Waals surface area contributed by atoms with Gasteiger partial charge in [-0.15, -0.1) is 0 Å². The number of benzene rings is 2. The molecule has 0 heterocycles. The molecular formula is C18H18N4O7. The largest absolute Gasteiger partial charge is 0.494 e. The zero-order chi connectivity index (χ0) is 21.4. The van der Waals surface area contributed by atoms with Crippen molar-refractivity contribution in [3.63, 3.8) is 0 Å². The van der Waals surface area contributed by atoms with E-state index in [-0.39, 0.29) is 22.7 Å². The molecule has 2 aromatic carbocycles. The molecule has 0 unspecified atom stereocenters. The molecule has 0 aliphatic rings. The molecule has 11 nitrogen and oxygen atoms in total. The zero-order valence-corrected chi connectivity index (χ0v) is 15.3. The smallest absolute Gasteiger partial charge is 0.338 e.